The fraction of sp³-hybridized carbons (Fsp3) is 0.0952. The van der Waals surface area contributed by atoms with Gasteiger partial charge in [0.25, 0.3) is 5.91 Å². The number of aromatic nitrogens is 2. The van der Waals surface area contributed by atoms with Gasteiger partial charge in [0, 0.05) is 18.3 Å². The number of amides is 1. The number of hydrogen-bond acceptors (Lipinski definition) is 5. The summed E-state index contributed by atoms with van der Waals surface area (Å²) in [6.07, 6.45) is 1.62. The zero-order valence-electron chi connectivity index (χ0n) is 15.0. The fourth-order valence-corrected chi connectivity index (χ4v) is 2.38. The minimum absolute atomic E-state index is 0.268. The largest absolute Gasteiger partial charge is 0.457 e. The van der Waals surface area contributed by atoms with E-state index in [9.17, 15) is 4.79 Å². The summed E-state index contributed by atoms with van der Waals surface area (Å²) in [5.41, 5.74) is 1.13. The van der Waals surface area contributed by atoms with Crippen molar-refractivity contribution in [2.45, 2.75) is 6.92 Å². The summed E-state index contributed by atoms with van der Waals surface area (Å²) >= 11 is 0. The van der Waals surface area contributed by atoms with E-state index in [4.69, 9.17) is 4.74 Å². The van der Waals surface area contributed by atoms with Crippen LogP contribution in [-0.2, 0) is 0 Å². The summed E-state index contributed by atoms with van der Waals surface area (Å²) in [7, 11) is 0. The van der Waals surface area contributed by atoms with Crippen molar-refractivity contribution in [1.82, 2.24) is 15.3 Å². The Morgan fingerprint density at radius 1 is 1.07 bits per heavy atom. The zero-order valence-corrected chi connectivity index (χ0v) is 15.0. The number of hydrogen-bond donors (Lipinski definition) is 2. The van der Waals surface area contributed by atoms with Gasteiger partial charge >= 0.3 is 0 Å². The molecule has 0 radical (unpaired) electrons. The molecular formula is C21H20N4O2. The van der Waals surface area contributed by atoms with Crippen molar-refractivity contribution >= 4 is 17.4 Å². The molecule has 1 amide bonds. The van der Waals surface area contributed by atoms with Crippen LogP contribution in [0.4, 0.5) is 11.5 Å². The molecule has 3 aromatic rings. The van der Waals surface area contributed by atoms with Gasteiger partial charge in [0.05, 0.1) is 0 Å². The molecule has 6 nitrogen and oxygen atoms in total. The number of carbonyl (C=O) groups is 1. The number of aryl methyl sites for hydroxylation is 1. The van der Waals surface area contributed by atoms with E-state index in [1.165, 1.54) is 0 Å². The van der Waals surface area contributed by atoms with Crippen LogP contribution in [-0.4, -0.2) is 22.4 Å². The molecule has 0 bridgehead atoms. The smallest absolute Gasteiger partial charge is 0.270 e. The van der Waals surface area contributed by atoms with Crippen molar-refractivity contribution in [3.05, 3.63) is 84.8 Å². The highest BCUT2D eigenvalue weighted by atomic mass is 16.5. The van der Waals surface area contributed by atoms with Crippen molar-refractivity contribution < 1.29 is 9.53 Å². The first-order valence-corrected chi connectivity index (χ1v) is 8.49. The number of anilines is 2. The van der Waals surface area contributed by atoms with Crippen LogP contribution in [0.2, 0.25) is 0 Å². The van der Waals surface area contributed by atoms with Crippen molar-refractivity contribution in [1.29, 1.82) is 0 Å². The minimum atomic E-state index is -0.268. The molecule has 136 valence electrons. The van der Waals surface area contributed by atoms with E-state index in [0.29, 0.717) is 23.9 Å². The Kier molecular flexibility index (Phi) is 5.79. The molecule has 0 aliphatic rings. The van der Waals surface area contributed by atoms with Gasteiger partial charge in [-0.1, -0.05) is 24.3 Å². The Bertz CT molecular complexity index is 925. The van der Waals surface area contributed by atoms with Crippen LogP contribution in [0.1, 0.15) is 16.3 Å². The molecular weight excluding hydrogens is 340 g/mol. The predicted octanol–water partition coefficient (Wildman–Crippen LogP) is 4.24. The summed E-state index contributed by atoms with van der Waals surface area (Å²) in [5.74, 6) is 2.29. The molecule has 27 heavy (non-hydrogen) atoms. The number of nitrogens with one attached hydrogen (secondary N) is 2. The lowest BCUT2D eigenvalue weighted by Gasteiger charge is -2.10. The van der Waals surface area contributed by atoms with Crippen LogP contribution >= 0.6 is 0 Å². The Labute approximate surface area is 157 Å². The quantitative estimate of drug-likeness (QED) is 0.617. The van der Waals surface area contributed by atoms with E-state index in [0.717, 1.165) is 17.2 Å². The van der Waals surface area contributed by atoms with E-state index in [2.05, 4.69) is 27.2 Å². The lowest BCUT2D eigenvalue weighted by molar-refractivity contribution is 0.0952. The number of benzene rings is 2. The third-order valence-electron chi connectivity index (χ3n) is 3.58. The summed E-state index contributed by atoms with van der Waals surface area (Å²) < 4.78 is 5.78. The van der Waals surface area contributed by atoms with Gasteiger partial charge < -0.3 is 15.4 Å². The average molecular weight is 360 g/mol. The van der Waals surface area contributed by atoms with Crippen molar-refractivity contribution in [3.63, 3.8) is 0 Å². The number of rotatable bonds is 7. The van der Waals surface area contributed by atoms with Gasteiger partial charge in [-0.05, 0) is 43.3 Å². The number of carbonyl (C=O) groups excluding carboxylic acids is 1. The summed E-state index contributed by atoms with van der Waals surface area (Å²) in [5, 5.41) is 5.89. The SMILES string of the molecule is C=CCNC(=O)c1cc(Nc2ccc(Oc3ccccc3)cc2)nc(C)n1. The molecule has 0 saturated carbocycles. The predicted molar refractivity (Wildman–Crippen MR) is 106 cm³/mol. The van der Waals surface area contributed by atoms with E-state index < -0.39 is 0 Å². The molecule has 0 saturated heterocycles. The van der Waals surface area contributed by atoms with Gasteiger partial charge in [0.15, 0.2) is 0 Å². The lowest BCUT2D eigenvalue weighted by atomic mass is 10.3. The van der Waals surface area contributed by atoms with Gasteiger partial charge in [0.2, 0.25) is 0 Å². The molecule has 0 aliphatic heterocycles. The first-order valence-electron chi connectivity index (χ1n) is 8.49. The third kappa shape index (κ3) is 5.15. The highest BCUT2D eigenvalue weighted by Gasteiger charge is 2.10. The highest BCUT2D eigenvalue weighted by Crippen LogP contribution is 2.24. The molecule has 1 aromatic heterocycles. The standard InChI is InChI=1S/C21H20N4O2/c1-3-13-22-21(26)19-14-20(24-15(2)23-19)25-16-9-11-18(12-10-16)27-17-7-5-4-6-8-17/h3-12,14H,1,13H2,2H3,(H,22,26)(H,23,24,25). The molecule has 0 spiro atoms. The number of ether oxygens (including phenoxy) is 1. The van der Waals surface area contributed by atoms with Gasteiger partial charge in [-0.3, -0.25) is 4.79 Å². The molecule has 6 heteroatoms. The molecule has 2 N–H and O–H groups in total. The van der Waals surface area contributed by atoms with Crippen LogP contribution in [0.15, 0.2) is 73.3 Å². The second-order valence-electron chi connectivity index (χ2n) is 5.75. The van der Waals surface area contributed by atoms with Gasteiger partial charge in [-0.25, -0.2) is 9.97 Å². The zero-order chi connectivity index (χ0) is 19.1. The van der Waals surface area contributed by atoms with Crippen LogP contribution < -0.4 is 15.4 Å². The van der Waals surface area contributed by atoms with E-state index in [1.54, 1.807) is 19.1 Å². The minimum Gasteiger partial charge on any atom is -0.457 e. The average Bonchev–Trinajstić information content (AvgIpc) is 2.68. The molecule has 0 atom stereocenters. The fourth-order valence-electron chi connectivity index (χ4n) is 2.38. The Balaban J connectivity index is 1.70. The van der Waals surface area contributed by atoms with Gasteiger partial charge in [-0.2, -0.15) is 0 Å². The van der Waals surface area contributed by atoms with Crippen LogP contribution in [0.25, 0.3) is 0 Å². The Morgan fingerprint density at radius 2 is 1.78 bits per heavy atom. The van der Waals surface area contributed by atoms with Crippen molar-refractivity contribution in [2.24, 2.45) is 0 Å². The molecule has 0 aliphatic carbocycles. The second kappa shape index (κ2) is 8.62. The molecule has 0 fully saturated rings. The maximum Gasteiger partial charge on any atom is 0.270 e. The summed E-state index contributed by atoms with van der Waals surface area (Å²) in [4.78, 5) is 20.6. The molecule has 3 rings (SSSR count). The first-order chi connectivity index (χ1) is 13.1. The van der Waals surface area contributed by atoms with Crippen LogP contribution in [0.3, 0.4) is 0 Å². The van der Waals surface area contributed by atoms with Crippen LogP contribution in [0.5, 0.6) is 11.5 Å². The molecule has 0 unspecified atom stereocenters. The Hall–Kier alpha value is -3.67. The van der Waals surface area contributed by atoms with Crippen LogP contribution in [0, 0.1) is 6.92 Å². The van der Waals surface area contributed by atoms with E-state index in [1.807, 2.05) is 54.6 Å². The number of para-hydroxylation sites is 1. The van der Waals surface area contributed by atoms with Crippen molar-refractivity contribution in [3.8, 4) is 11.5 Å². The molecule has 2 aromatic carbocycles. The summed E-state index contributed by atoms with van der Waals surface area (Å²) in [6, 6.07) is 18.7. The lowest BCUT2D eigenvalue weighted by Crippen LogP contribution is -2.24. The number of nitrogens with zero attached hydrogens (tertiary/aromatic N) is 2. The summed E-state index contributed by atoms with van der Waals surface area (Å²) in [6.45, 7) is 5.71. The Morgan fingerprint density at radius 3 is 2.48 bits per heavy atom. The van der Waals surface area contributed by atoms with E-state index in [-0.39, 0.29) is 5.91 Å². The molecule has 1 heterocycles. The van der Waals surface area contributed by atoms with Gasteiger partial charge in [0.1, 0.15) is 28.8 Å². The van der Waals surface area contributed by atoms with Crippen molar-refractivity contribution in [2.75, 3.05) is 11.9 Å². The van der Waals surface area contributed by atoms with E-state index >= 15 is 0 Å². The van der Waals surface area contributed by atoms with Gasteiger partial charge in [-0.15, -0.1) is 6.58 Å². The monoisotopic (exact) mass is 360 g/mol. The normalized spacial score (nSPS) is 10.1. The topological polar surface area (TPSA) is 76.1 Å². The maximum absolute atomic E-state index is 12.1. The maximum atomic E-state index is 12.1. The first kappa shape index (κ1) is 18.1. The highest BCUT2D eigenvalue weighted by molar-refractivity contribution is 5.93. The third-order valence-corrected chi connectivity index (χ3v) is 3.58. The second-order valence-corrected chi connectivity index (χ2v) is 5.75.